The Bertz CT molecular complexity index is 538. The molecule has 3 rings (SSSR count). The minimum Gasteiger partial charge on any atom is -0.303 e. The molecule has 0 amide bonds. The van der Waals surface area contributed by atoms with Gasteiger partial charge in [0.05, 0.1) is 0 Å². The van der Waals surface area contributed by atoms with Crippen molar-refractivity contribution >= 4 is 11.6 Å². The maximum absolute atomic E-state index is 12.2. The maximum atomic E-state index is 12.2. The van der Waals surface area contributed by atoms with Crippen LogP contribution in [0.25, 0.3) is 0 Å². The average Bonchev–Trinajstić information content (AvgIpc) is 3.23. The van der Waals surface area contributed by atoms with E-state index in [-0.39, 0.29) is 5.56 Å². The normalized spacial score (nSPS) is 24.0. The number of hydrogen-bond acceptors (Lipinski definition) is 3. The van der Waals surface area contributed by atoms with Crippen molar-refractivity contribution < 1.29 is 0 Å². The minimum atomic E-state index is 0.00497. The summed E-state index contributed by atoms with van der Waals surface area (Å²) in [6.45, 7) is 1.94. The Hall–Kier alpha value is -0.870. The fourth-order valence-electron chi connectivity index (χ4n) is 3.16. The van der Waals surface area contributed by atoms with Gasteiger partial charge in [-0.1, -0.05) is 18.0 Å². The number of rotatable bonds is 4. The molecule has 1 aromatic rings. The van der Waals surface area contributed by atoms with Crippen LogP contribution in [0.2, 0.25) is 5.15 Å². The molecular weight excluding hydrogens is 274 g/mol. The molecule has 1 saturated heterocycles. The lowest BCUT2D eigenvalue weighted by atomic mass is 10.00. The summed E-state index contributed by atoms with van der Waals surface area (Å²) in [5, 5.41) is 0.336. The molecule has 1 aliphatic heterocycles. The van der Waals surface area contributed by atoms with E-state index in [9.17, 15) is 4.79 Å². The predicted octanol–water partition coefficient (Wildman–Crippen LogP) is 2.65. The van der Waals surface area contributed by atoms with Crippen LogP contribution in [0.1, 0.15) is 50.3 Å². The zero-order valence-electron chi connectivity index (χ0n) is 12.0. The van der Waals surface area contributed by atoms with Crippen molar-refractivity contribution in [3.8, 4) is 0 Å². The molecule has 110 valence electrons. The molecule has 2 fully saturated rings. The van der Waals surface area contributed by atoms with Crippen LogP contribution >= 0.6 is 11.6 Å². The Kier molecular flexibility index (Phi) is 4.13. The van der Waals surface area contributed by atoms with E-state index in [2.05, 4.69) is 16.9 Å². The van der Waals surface area contributed by atoms with Gasteiger partial charge >= 0.3 is 0 Å². The summed E-state index contributed by atoms with van der Waals surface area (Å²) in [4.78, 5) is 19.0. The molecule has 2 aliphatic rings. The maximum Gasteiger partial charge on any atom is 0.254 e. The van der Waals surface area contributed by atoms with E-state index >= 15 is 0 Å². The summed E-state index contributed by atoms with van der Waals surface area (Å²) in [5.41, 5.74) is 0.00497. The van der Waals surface area contributed by atoms with E-state index in [1.165, 1.54) is 31.9 Å². The van der Waals surface area contributed by atoms with Gasteiger partial charge in [-0.3, -0.25) is 9.36 Å². The van der Waals surface area contributed by atoms with E-state index in [1.807, 2.05) is 4.57 Å². The van der Waals surface area contributed by atoms with Crippen molar-refractivity contribution in [1.29, 1.82) is 0 Å². The Morgan fingerprint density at radius 1 is 1.35 bits per heavy atom. The van der Waals surface area contributed by atoms with Crippen LogP contribution in [0.4, 0.5) is 0 Å². The van der Waals surface area contributed by atoms with Crippen LogP contribution in [0.3, 0.4) is 0 Å². The summed E-state index contributed by atoms with van der Waals surface area (Å²) in [5.74, 6) is 1.35. The highest BCUT2D eigenvalue weighted by Crippen LogP contribution is 2.38. The third kappa shape index (κ3) is 3.07. The molecule has 1 aliphatic carbocycles. The minimum absolute atomic E-state index is 0.00497. The molecule has 5 heteroatoms. The fraction of sp³-hybridized carbons (Fsp3) is 0.733. The smallest absolute Gasteiger partial charge is 0.254 e. The first kappa shape index (κ1) is 14.1. The van der Waals surface area contributed by atoms with Crippen molar-refractivity contribution in [3.63, 3.8) is 0 Å². The largest absolute Gasteiger partial charge is 0.303 e. The number of nitrogens with zero attached hydrogens (tertiary/aromatic N) is 3. The molecule has 1 unspecified atom stereocenters. The molecule has 1 aromatic heterocycles. The van der Waals surface area contributed by atoms with Gasteiger partial charge in [0.25, 0.3) is 5.56 Å². The van der Waals surface area contributed by atoms with E-state index in [0.29, 0.717) is 17.1 Å². The first-order chi connectivity index (χ1) is 9.65. The molecule has 20 heavy (non-hydrogen) atoms. The van der Waals surface area contributed by atoms with Crippen LogP contribution in [-0.4, -0.2) is 34.1 Å². The summed E-state index contributed by atoms with van der Waals surface area (Å²) < 4.78 is 1.85. The van der Waals surface area contributed by atoms with Crippen molar-refractivity contribution in [2.45, 2.75) is 57.0 Å². The first-order valence-electron chi connectivity index (χ1n) is 7.62. The quantitative estimate of drug-likeness (QED) is 0.802. The molecule has 0 spiro atoms. The van der Waals surface area contributed by atoms with Gasteiger partial charge in [0.1, 0.15) is 11.0 Å². The predicted molar refractivity (Wildman–Crippen MR) is 80.4 cm³/mol. The van der Waals surface area contributed by atoms with Crippen LogP contribution < -0.4 is 5.56 Å². The lowest BCUT2D eigenvalue weighted by molar-refractivity contribution is 0.170. The van der Waals surface area contributed by atoms with Crippen LogP contribution in [0.5, 0.6) is 0 Å². The number of hydrogen-bond donors (Lipinski definition) is 0. The second-order valence-corrected chi connectivity index (χ2v) is 6.51. The Morgan fingerprint density at radius 2 is 2.15 bits per heavy atom. The van der Waals surface area contributed by atoms with Gasteiger partial charge in [-0.2, -0.15) is 0 Å². The topological polar surface area (TPSA) is 38.1 Å². The first-order valence-corrected chi connectivity index (χ1v) is 8.00. The summed E-state index contributed by atoms with van der Waals surface area (Å²) >= 11 is 5.93. The van der Waals surface area contributed by atoms with Crippen LogP contribution in [-0.2, 0) is 6.54 Å². The highest BCUT2D eigenvalue weighted by atomic mass is 35.5. The second kappa shape index (κ2) is 5.86. The number of aromatic nitrogens is 2. The lowest BCUT2D eigenvalue weighted by Crippen LogP contribution is -2.38. The monoisotopic (exact) mass is 295 g/mol. The van der Waals surface area contributed by atoms with E-state index in [4.69, 9.17) is 11.6 Å². The highest BCUT2D eigenvalue weighted by molar-refractivity contribution is 6.29. The number of halogens is 1. The highest BCUT2D eigenvalue weighted by Gasteiger charge is 2.29. The zero-order chi connectivity index (χ0) is 14.1. The molecule has 0 bridgehead atoms. The fourth-order valence-corrected chi connectivity index (χ4v) is 3.34. The Morgan fingerprint density at radius 3 is 2.85 bits per heavy atom. The Labute approximate surface area is 124 Å². The van der Waals surface area contributed by atoms with Crippen molar-refractivity contribution in [2.24, 2.45) is 0 Å². The van der Waals surface area contributed by atoms with Crippen LogP contribution in [0.15, 0.2) is 10.9 Å². The molecule has 4 nitrogen and oxygen atoms in total. The van der Waals surface area contributed by atoms with Gasteiger partial charge in [0.15, 0.2) is 0 Å². The van der Waals surface area contributed by atoms with Gasteiger partial charge in [-0.25, -0.2) is 4.98 Å². The third-order valence-corrected chi connectivity index (χ3v) is 4.75. The van der Waals surface area contributed by atoms with Gasteiger partial charge in [-0.15, -0.1) is 0 Å². The average molecular weight is 296 g/mol. The molecule has 0 N–H and O–H groups in total. The molecule has 1 atom stereocenters. The van der Waals surface area contributed by atoms with E-state index in [0.717, 1.165) is 31.6 Å². The summed E-state index contributed by atoms with van der Waals surface area (Å²) in [6.07, 6.45) is 7.14. The van der Waals surface area contributed by atoms with Crippen molar-refractivity contribution in [2.75, 3.05) is 13.6 Å². The van der Waals surface area contributed by atoms with Gasteiger partial charge in [0, 0.05) is 24.6 Å². The van der Waals surface area contributed by atoms with Crippen molar-refractivity contribution in [1.82, 2.24) is 14.5 Å². The van der Waals surface area contributed by atoms with E-state index < -0.39 is 0 Å². The number of likely N-dealkylation sites (tertiary alicyclic amines) is 1. The van der Waals surface area contributed by atoms with Gasteiger partial charge in [0.2, 0.25) is 0 Å². The Balaban J connectivity index is 1.75. The zero-order valence-corrected chi connectivity index (χ0v) is 12.8. The van der Waals surface area contributed by atoms with Crippen LogP contribution in [0, 0.1) is 0 Å². The molecule has 0 radical (unpaired) electrons. The summed E-state index contributed by atoms with van der Waals surface area (Å²) in [7, 11) is 2.19. The number of piperidine rings is 1. The molecule has 1 saturated carbocycles. The SMILES string of the molecule is CN1CCCCC1CCn1c(C2CC2)nc(Cl)cc1=O. The van der Waals surface area contributed by atoms with Gasteiger partial charge in [-0.05, 0) is 45.7 Å². The lowest BCUT2D eigenvalue weighted by Gasteiger charge is -2.32. The standard InChI is InChI=1S/C15H22ClN3O/c1-18-8-3-2-4-12(18)7-9-19-14(20)10-13(16)17-15(19)11-5-6-11/h10-12H,2-9H2,1H3. The van der Waals surface area contributed by atoms with Gasteiger partial charge < -0.3 is 4.90 Å². The molecule has 0 aromatic carbocycles. The third-order valence-electron chi connectivity index (χ3n) is 4.56. The molecule has 2 heterocycles. The molecular formula is C15H22ClN3O. The second-order valence-electron chi connectivity index (χ2n) is 6.12. The summed E-state index contributed by atoms with van der Waals surface area (Å²) in [6, 6.07) is 2.04. The van der Waals surface area contributed by atoms with E-state index in [1.54, 1.807) is 0 Å². The van der Waals surface area contributed by atoms with Crippen molar-refractivity contribution in [3.05, 3.63) is 27.4 Å².